The van der Waals surface area contributed by atoms with Crippen molar-refractivity contribution in [2.45, 2.75) is 18.7 Å². The van der Waals surface area contributed by atoms with Crippen LogP contribution in [-0.2, 0) is 4.74 Å². The lowest BCUT2D eigenvalue weighted by molar-refractivity contribution is 0.0341. The molecule has 0 aliphatic carbocycles. The molecule has 0 spiro atoms. The zero-order chi connectivity index (χ0) is 20.5. The maximum Gasteiger partial charge on any atom is 0.552 e. The Morgan fingerprint density at radius 2 is 2.31 bits per heavy atom. The summed E-state index contributed by atoms with van der Waals surface area (Å²) in [6.45, 7) is 0.823. The summed E-state index contributed by atoms with van der Waals surface area (Å²) in [7, 11) is -1.20. The summed E-state index contributed by atoms with van der Waals surface area (Å²) in [5.74, 6) is 0.635. The van der Waals surface area contributed by atoms with Gasteiger partial charge in [0, 0.05) is 30.1 Å². The van der Waals surface area contributed by atoms with E-state index in [2.05, 4.69) is 16.5 Å². The first-order chi connectivity index (χ1) is 14.0. The zero-order valence-corrected chi connectivity index (χ0v) is 15.3. The lowest BCUT2D eigenvalue weighted by atomic mass is 9.86. The highest BCUT2D eigenvalue weighted by Gasteiger charge is 2.30. The molecule has 11 heteroatoms. The highest BCUT2D eigenvalue weighted by atomic mass is 19.1. The summed E-state index contributed by atoms with van der Waals surface area (Å²) < 4.78 is 26.5. The van der Waals surface area contributed by atoms with Crippen LogP contribution in [-0.4, -0.2) is 40.2 Å². The Balaban J connectivity index is 1.66. The van der Waals surface area contributed by atoms with Gasteiger partial charge in [0.25, 0.3) is 0 Å². The zero-order valence-electron chi connectivity index (χ0n) is 15.3. The number of aliphatic hydroxyl groups is 1. The Morgan fingerprint density at radius 1 is 1.48 bits per heavy atom. The van der Waals surface area contributed by atoms with Gasteiger partial charge in [0.05, 0.1) is 30.2 Å². The molecule has 3 atom stereocenters. The number of nitrogens with zero attached hydrogens (tertiary/aromatic N) is 3. The third kappa shape index (κ3) is 3.83. The standard InChI is InChI=1S/C18H19BFN5O4/c20-14-6-12(5-10-1-3-19(27)29-16(10)14)23-18-13(17(22)26)8-25(24-18)15-9-28-4-2-11(15)7-21/h1,3,5-6,8,11,15,17,26-27H,2,4,9,22H2,(H,23,24)/t11-,15?,17?/m1/s1. The summed E-state index contributed by atoms with van der Waals surface area (Å²) in [6.07, 6.45) is 2.37. The fourth-order valence-corrected chi connectivity index (χ4v) is 3.44. The molecule has 0 bridgehead atoms. The molecule has 5 N–H and O–H groups in total. The van der Waals surface area contributed by atoms with Gasteiger partial charge in [0.15, 0.2) is 11.6 Å². The molecule has 0 saturated carbocycles. The van der Waals surface area contributed by atoms with E-state index in [1.54, 1.807) is 23.0 Å². The van der Waals surface area contributed by atoms with Gasteiger partial charge in [-0.3, -0.25) is 4.68 Å². The van der Waals surface area contributed by atoms with Crippen molar-refractivity contribution in [3.63, 3.8) is 0 Å². The van der Waals surface area contributed by atoms with Gasteiger partial charge < -0.3 is 30.6 Å². The molecule has 1 aromatic carbocycles. The minimum Gasteiger partial charge on any atom is -0.530 e. The number of nitrogens with one attached hydrogen (secondary N) is 1. The van der Waals surface area contributed by atoms with Crippen LogP contribution in [0.1, 0.15) is 29.8 Å². The molecule has 0 amide bonds. The highest BCUT2D eigenvalue weighted by molar-refractivity contribution is 6.51. The highest BCUT2D eigenvalue weighted by Crippen LogP contribution is 2.34. The molecule has 1 fully saturated rings. The van der Waals surface area contributed by atoms with Crippen molar-refractivity contribution < 1.29 is 23.9 Å². The van der Waals surface area contributed by atoms with Crippen molar-refractivity contribution in [2.24, 2.45) is 11.7 Å². The molecule has 1 aromatic heterocycles. The summed E-state index contributed by atoms with van der Waals surface area (Å²) >= 11 is 0. The largest absolute Gasteiger partial charge is 0.552 e. The molecule has 0 radical (unpaired) electrons. The smallest absolute Gasteiger partial charge is 0.530 e. The van der Waals surface area contributed by atoms with E-state index in [-0.39, 0.29) is 23.5 Å². The van der Waals surface area contributed by atoms with E-state index < -0.39 is 19.2 Å². The third-order valence-electron chi connectivity index (χ3n) is 4.92. The van der Waals surface area contributed by atoms with Crippen LogP contribution in [0.15, 0.2) is 24.3 Å². The fraction of sp³-hybridized carbons (Fsp3) is 0.333. The molecule has 150 valence electrons. The van der Waals surface area contributed by atoms with Crippen LogP contribution in [0.4, 0.5) is 15.9 Å². The van der Waals surface area contributed by atoms with E-state index in [1.165, 1.54) is 12.0 Å². The minimum absolute atomic E-state index is 0.0496. The quantitative estimate of drug-likeness (QED) is 0.445. The monoisotopic (exact) mass is 399 g/mol. The van der Waals surface area contributed by atoms with E-state index in [0.29, 0.717) is 36.4 Å². The van der Waals surface area contributed by atoms with Crippen LogP contribution >= 0.6 is 0 Å². The van der Waals surface area contributed by atoms with Gasteiger partial charge in [-0.2, -0.15) is 10.4 Å². The number of hydrogen-bond acceptors (Lipinski definition) is 8. The van der Waals surface area contributed by atoms with Crippen molar-refractivity contribution in [3.8, 4) is 11.8 Å². The van der Waals surface area contributed by atoms with E-state index >= 15 is 0 Å². The SMILES string of the molecule is N#C[C@H]1CCOCC1n1cc(C(N)O)c(Nc2cc(F)c3c(c2)C=CB(O)O3)n1. The number of ether oxygens (including phenoxy) is 1. The van der Waals surface area contributed by atoms with Crippen LogP contribution in [0, 0.1) is 23.1 Å². The number of nitriles is 1. The van der Waals surface area contributed by atoms with Gasteiger partial charge in [-0.15, -0.1) is 0 Å². The number of aromatic nitrogens is 2. The molecule has 1 saturated heterocycles. The Morgan fingerprint density at radius 3 is 3.07 bits per heavy atom. The third-order valence-corrected chi connectivity index (χ3v) is 4.92. The number of rotatable bonds is 4. The molecule has 2 aliphatic heterocycles. The number of anilines is 2. The molecular weight excluding hydrogens is 380 g/mol. The normalized spacial score (nSPS) is 21.8. The van der Waals surface area contributed by atoms with E-state index in [1.807, 2.05) is 0 Å². The summed E-state index contributed by atoms with van der Waals surface area (Å²) in [5, 5.41) is 36.2. The summed E-state index contributed by atoms with van der Waals surface area (Å²) in [5.41, 5.74) is 6.76. The molecule has 29 heavy (non-hydrogen) atoms. The molecule has 3 heterocycles. The average molecular weight is 399 g/mol. The number of nitrogens with two attached hydrogens (primary N) is 1. The topological polar surface area (TPSA) is 139 Å². The number of aliphatic hydroxyl groups excluding tert-OH is 1. The molecule has 2 unspecified atom stereocenters. The predicted octanol–water partition coefficient (Wildman–Crippen LogP) is 1.24. The minimum atomic E-state index is -1.32. The summed E-state index contributed by atoms with van der Waals surface area (Å²) in [4.78, 5) is 0. The fourth-order valence-electron chi connectivity index (χ4n) is 3.44. The van der Waals surface area contributed by atoms with Crippen LogP contribution in [0.5, 0.6) is 5.75 Å². The molecule has 2 aromatic rings. The number of benzene rings is 1. The van der Waals surface area contributed by atoms with Crippen molar-refractivity contribution in [1.29, 1.82) is 5.26 Å². The maximum atomic E-state index is 14.4. The van der Waals surface area contributed by atoms with Gasteiger partial charge in [-0.25, -0.2) is 4.39 Å². The first kappa shape index (κ1) is 19.4. The van der Waals surface area contributed by atoms with Crippen molar-refractivity contribution in [1.82, 2.24) is 9.78 Å². The second kappa shape index (κ2) is 7.84. The predicted molar refractivity (Wildman–Crippen MR) is 102 cm³/mol. The van der Waals surface area contributed by atoms with Crippen molar-refractivity contribution >= 4 is 24.7 Å². The Bertz CT molecular complexity index is 989. The number of fused-ring (bicyclic) bond motifs is 1. The van der Waals surface area contributed by atoms with Gasteiger partial charge in [0.2, 0.25) is 0 Å². The first-order valence-electron chi connectivity index (χ1n) is 9.10. The lowest BCUT2D eigenvalue weighted by Gasteiger charge is -2.27. The number of hydrogen-bond donors (Lipinski definition) is 4. The van der Waals surface area contributed by atoms with Gasteiger partial charge >= 0.3 is 7.12 Å². The molecular formula is C18H19BFN5O4. The lowest BCUT2D eigenvalue weighted by Crippen LogP contribution is -2.29. The van der Waals surface area contributed by atoms with Crippen LogP contribution < -0.4 is 15.7 Å². The second-order valence-electron chi connectivity index (χ2n) is 6.89. The van der Waals surface area contributed by atoms with Gasteiger partial charge in [-0.1, -0.05) is 6.08 Å². The summed E-state index contributed by atoms with van der Waals surface area (Å²) in [6, 6.07) is 4.75. The van der Waals surface area contributed by atoms with E-state index in [4.69, 9.17) is 15.1 Å². The maximum absolute atomic E-state index is 14.4. The Hall–Kier alpha value is -2.91. The molecule has 2 aliphatic rings. The molecule has 9 nitrogen and oxygen atoms in total. The Kier molecular flexibility index (Phi) is 5.25. The van der Waals surface area contributed by atoms with Gasteiger partial charge in [-0.05, 0) is 18.5 Å². The van der Waals surface area contributed by atoms with Gasteiger partial charge in [0.1, 0.15) is 12.0 Å². The van der Waals surface area contributed by atoms with Crippen LogP contribution in [0.25, 0.3) is 6.08 Å². The van der Waals surface area contributed by atoms with E-state index in [9.17, 15) is 19.8 Å². The number of halogens is 1. The van der Waals surface area contributed by atoms with E-state index in [0.717, 1.165) is 0 Å². The van der Waals surface area contributed by atoms with Crippen LogP contribution in [0.3, 0.4) is 0 Å². The average Bonchev–Trinajstić information content (AvgIpc) is 3.12. The Labute approximate surface area is 166 Å². The molecule has 4 rings (SSSR count). The second-order valence-corrected chi connectivity index (χ2v) is 6.89. The van der Waals surface area contributed by atoms with Crippen molar-refractivity contribution in [3.05, 3.63) is 41.2 Å². The first-order valence-corrected chi connectivity index (χ1v) is 9.10. The van der Waals surface area contributed by atoms with Crippen molar-refractivity contribution in [2.75, 3.05) is 18.5 Å². The van der Waals surface area contributed by atoms with Crippen LogP contribution in [0.2, 0.25) is 0 Å².